The first kappa shape index (κ1) is 22.6. The Bertz CT molecular complexity index is 993. The first-order chi connectivity index (χ1) is 13.4. The van der Waals surface area contributed by atoms with E-state index >= 15 is 0 Å². The largest absolute Gasteiger partial charge is 0.342 e. The third-order valence-corrected chi connectivity index (χ3v) is 5.85. The first-order valence-corrected chi connectivity index (χ1v) is 10.6. The topological polar surface area (TPSA) is 95.6 Å². The third kappa shape index (κ3) is 6.40. The van der Waals surface area contributed by atoms with E-state index in [-0.39, 0.29) is 16.7 Å². The maximum atomic E-state index is 12.6. The molecule has 0 aliphatic rings. The molecule has 0 unspecified atom stereocenters. The fraction of sp³-hybridized carbons (Fsp3) is 0.333. The van der Waals surface area contributed by atoms with Crippen molar-refractivity contribution in [3.63, 3.8) is 0 Å². The highest BCUT2D eigenvalue weighted by Gasteiger charge is 2.22. The molecule has 0 fully saturated rings. The van der Waals surface area contributed by atoms with Crippen molar-refractivity contribution in [1.82, 2.24) is 9.62 Å². The van der Waals surface area contributed by atoms with Crippen LogP contribution in [0.25, 0.3) is 0 Å². The Labute approximate surface area is 172 Å². The SMILES string of the molecule is CC(=O)N(C)Cc1ccccc1NC(=O)c1ccc(S(=O)(=O)NC(C)(C)C)cc1. The Balaban J connectivity index is 2.18. The van der Waals surface area contributed by atoms with Crippen LogP contribution in [0.2, 0.25) is 0 Å². The van der Waals surface area contributed by atoms with Gasteiger partial charge in [0.15, 0.2) is 0 Å². The highest BCUT2D eigenvalue weighted by molar-refractivity contribution is 7.89. The fourth-order valence-corrected chi connectivity index (χ4v) is 4.01. The van der Waals surface area contributed by atoms with Crippen molar-refractivity contribution >= 4 is 27.5 Å². The van der Waals surface area contributed by atoms with Crippen LogP contribution in [0.4, 0.5) is 5.69 Å². The predicted molar refractivity (Wildman–Crippen MR) is 113 cm³/mol. The monoisotopic (exact) mass is 417 g/mol. The molecule has 0 aliphatic heterocycles. The minimum atomic E-state index is -3.67. The Morgan fingerprint density at radius 2 is 1.59 bits per heavy atom. The lowest BCUT2D eigenvalue weighted by molar-refractivity contribution is -0.128. The molecule has 0 heterocycles. The summed E-state index contributed by atoms with van der Waals surface area (Å²) in [5, 5.41) is 2.83. The molecule has 0 spiro atoms. The van der Waals surface area contributed by atoms with E-state index in [2.05, 4.69) is 10.0 Å². The summed E-state index contributed by atoms with van der Waals surface area (Å²) >= 11 is 0. The number of nitrogens with one attached hydrogen (secondary N) is 2. The average Bonchev–Trinajstić information content (AvgIpc) is 2.61. The summed E-state index contributed by atoms with van der Waals surface area (Å²) in [5.41, 5.74) is 1.12. The second-order valence-corrected chi connectivity index (χ2v) is 9.55. The normalized spacial score (nSPS) is 11.8. The zero-order chi connectivity index (χ0) is 21.8. The van der Waals surface area contributed by atoms with Crippen LogP contribution in [0.5, 0.6) is 0 Å². The van der Waals surface area contributed by atoms with E-state index < -0.39 is 15.6 Å². The lowest BCUT2D eigenvalue weighted by atomic mass is 10.1. The first-order valence-electron chi connectivity index (χ1n) is 9.14. The van der Waals surface area contributed by atoms with E-state index in [1.54, 1.807) is 44.9 Å². The second-order valence-electron chi connectivity index (χ2n) is 7.87. The molecule has 29 heavy (non-hydrogen) atoms. The van der Waals surface area contributed by atoms with E-state index in [1.165, 1.54) is 31.2 Å². The average molecular weight is 418 g/mol. The van der Waals surface area contributed by atoms with Crippen molar-refractivity contribution < 1.29 is 18.0 Å². The van der Waals surface area contributed by atoms with Crippen molar-refractivity contribution in [1.29, 1.82) is 0 Å². The zero-order valence-electron chi connectivity index (χ0n) is 17.3. The predicted octanol–water partition coefficient (Wildman–Crippen LogP) is 2.99. The standard InChI is InChI=1S/C21H27N3O4S/c1-15(25)24(5)14-17-8-6-7-9-19(17)22-20(26)16-10-12-18(13-11-16)29(27,28)23-21(2,3)4/h6-13,23H,14H2,1-5H3,(H,22,26). The summed E-state index contributed by atoms with van der Waals surface area (Å²) in [4.78, 5) is 25.7. The van der Waals surface area contributed by atoms with Gasteiger partial charge < -0.3 is 10.2 Å². The number of hydrogen-bond acceptors (Lipinski definition) is 4. The molecule has 2 aromatic carbocycles. The Morgan fingerprint density at radius 3 is 2.14 bits per heavy atom. The van der Waals surface area contributed by atoms with Gasteiger partial charge in [0.2, 0.25) is 15.9 Å². The van der Waals surface area contributed by atoms with Crippen LogP contribution in [0.15, 0.2) is 53.4 Å². The zero-order valence-corrected chi connectivity index (χ0v) is 18.1. The Morgan fingerprint density at radius 1 is 1.00 bits per heavy atom. The van der Waals surface area contributed by atoms with Crippen molar-refractivity contribution in [3.05, 3.63) is 59.7 Å². The van der Waals surface area contributed by atoms with Crippen LogP contribution < -0.4 is 10.0 Å². The molecule has 7 nitrogen and oxygen atoms in total. The number of rotatable bonds is 6. The molecule has 0 saturated carbocycles. The van der Waals surface area contributed by atoms with Crippen LogP contribution in [-0.4, -0.2) is 37.7 Å². The van der Waals surface area contributed by atoms with E-state index in [0.29, 0.717) is 17.8 Å². The minimum absolute atomic E-state index is 0.0770. The second kappa shape index (κ2) is 8.75. The Hall–Kier alpha value is -2.71. The van der Waals surface area contributed by atoms with Gasteiger partial charge in [-0.2, -0.15) is 0 Å². The number of carbonyl (C=O) groups excluding carboxylic acids is 2. The number of carbonyl (C=O) groups is 2. The van der Waals surface area contributed by atoms with E-state index in [4.69, 9.17) is 0 Å². The van der Waals surface area contributed by atoms with Gasteiger partial charge in [-0.25, -0.2) is 13.1 Å². The lowest BCUT2D eigenvalue weighted by Gasteiger charge is -2.20. The number of nitrogens with zero attached hydrogens (tertiary/aromatic N) is 1. The van der Waals surface area contributed by atoms with Gasteiger partial charge in [0.05, 0.1) is 4.90 Å². The van der Waals surface area contributed by atoms with Crippen molar-refractivity contribution in [2.24, 2.45) is 0 Å². The molecule has 0 bridgehead atoms. The van der Waals surface area contributed by atoms with Gasteiger partial charge >= 0.3 is 0 Å². The van der Waals surface area contributed by atoms with E-state index in [9.17, 15) is 18.0 Å². The summed E-state index contributed by atoms with van der Waals surface area (Å²) in [6.45, 7) is 7.11. The van der Waals surface area contributed by atoms with Crippen LogP contribution in [0.1, 0.15) is 43.6 Å². The molecule has 0 atom stereocenters. The van der Waals surface area contributed by atoms with Crippen molar-refractivity contribution in [3.8, 4) is 0 Å². The van der Waals surface area contributed by atoms with E-state index in [0.717, 1.165) is 5.56 Å². The maximum absolute atomic E-state index is 12.6. The third-order valence-electron chi connectivity index (χ3n) is 4.08. The Kier molecular flexibility index (Phi) is 6.81. The molecular formula is C21H27N3O4S. The summed E-state index contributed by atoms with van der Waals surface area (Å²) in [5.74, 6) is -0.442. The van der Waals surface area contributed by atoms with E-state index in [1.807, 2.05) is 12.1 Å². The highest BCUT2D eigenvalue weighted by atomic mass is 32.2. The fourth-order valence-electron chi connectivity index (χ4n) is 2.59. The quantitative estimate of drug-likeness (QED) is 0.755. The molecule has 2 aromatic rings. The molecule has 156 valence electrons. The van der Waals surface area contributed by atoms with Gasteiger partial charge in [0.1, 0.15) is 0 Å². The maximum Gasteiger partial charge on any atom is 0.255 e. The molecule has 8 heteroatoms. The van der Waals surface area contributed by atoms with Gasteiger partial charge in [0.25, 0.3) is 5.91 Å². The lowest BCUT2D eigenvalue weighted by Crippen LogP contribution is -2.40. The molecule has 2 N–H and O–H groups in total. The molecule has 0 radical (unpaired) electrons. The number of sulfonamides is 1. The number of para-hydroxylation sites is 1. The molecule has 0 aromatic heterocycles. The number of hydrogen-bond donors (Lipinski definition) is 2. The summed E-state index contributed by atoms with van der Waals surface area (Å²) in [6.07, 6.45) is 0. The molecule has 0 aliphatic carbocycles. The number of anilines is 1. The summed E-state index contributed by atoms with van der Waals surface area (Å²) in [7, 11) is -1.98. The molecule has 2 amide bonds. The summed E-state index contributed by atoms with van der Waals surface area (Å²) < 4.78 is 27.3. The van der Waals surface area contributed by atoms with Crippen LogP contribution >= 0.6 is 0 Å². The van der Waals surface area contributed by atoms with Gasteiger partial charge in [-0.15, -0.1) is 0 Å². The highest BCUT2D eigenvalue weighted by Crippen LogP contribution is 2.19. The van der Waals surface area contributed by atoms with Gasteiger partial charge in [-0.3, -0.25) is 9.59 Å². The van der Waals surface area contributed by atoms with Crippen LogP contribution in [-0.2, 0) is 21.4 Å². The molecular weight excluding hydrogens is 390 g/mol. The van der Waals surface area contributed by atoms with Crippen molar-refractivity contribution in [2.75, 3.05) is 12.4 Å². The number of amides is 2. The number of benzene rings is 2. The van der Waals surface area contributed by atoms with Gasteiger partial charge in [0, 0.05) is 37.3 Å². The smallest absolute Gasteiger partial charge is 0.255 e. The van der Waals surface area contributed by atoms with Crippen molar-refractivity contribution in [2.45, 2.75) is 44.7 Å². The van der Waals surface area contributed by atoms with Gasteiger partial charge in [-0.05, 0) is 56.7 Å². The molecule has 2 rings (SSSR count). The van der Waals surface area contributed by atoms with Crippen LogP contribution in [0.3, 0.4) is 0 Å². The van der Waals surface area contributed by atoms with Crippen LogP contribution in [0, 0.1) is 0 Å². The minimum Gasteiger partial charge on any atom is -0.342 e. The molecule has 0 saturated heterocycles. The van der Waals surface area contributed by atoms with Gasteiger partial charge in [-0.1, -0.05) is 18.2 Å². The summed E-state index contributed by atoms with van der Waals surface area (Å²) in [6, 6.07) is 13.0.